The molecule has 2 heterocycles. The van der Waals surface area contributed by atoms with Crippen LogP contribution in [0.1, 0.15) is 41.5 Å². The molecule has 0 unspecified atom stereocenters. The Morgan fingerprint density at radius 2 is 1.59 bits per heavy atom. The molecule has 2 amide bonds. The lowest BCUT2D eigenvalue weighted by atomic mass is 10.1. The normalized spacial score (nSPS) is 14.6. The maximum absolute atomic E-state index is 12.8. The van der Waals surface area contributed by atoms with Crippen molar-refractivity contribution < 1.29 is 14.0 Å². The summed E-state index contributed by atoms with van der Waals surface area (Å²) in [4.78, 5) is 27.9. The van der Waals surface area contributed by atoms with Gasteiger partial charge in [0.15, 0.2) is 5.82 Å². The minimum absolute atomic E-state index is 0.0518. The number of fused-ring (bicyclic) bond motifs is 2. The quantitative estimate of drug-likeness (QED) is 0.403. The van der Waals surface area contributed by atoms with Crippen molar-refractivity contribution in [3.8, 4) is 5.75 Å². The van der Waals surface area contributed by atoms with E-state index in [1.807, 2.05) is 12.1 Å². The van der Waals surface area contributed by atoms with Crippen LogP contribution in [0.15, 0.2) is 42.5 Å². The van der Waals surface area contributed by atoms with Gasteiger partial charge in [-0.05, 0) is 42.4 Å². The Morgan fingerprint density at radius 3 is 2.14 bits per heavy atom. The van der Waals surface area contributed by atoms with Crippen molar-refractivity contribution in [2.24, 2.45) is 0 Å². The molecule has 2 aromatic carbocycles. The first-order chi connectivity index (χ1) is 13.5. The Kier molecular flexibility index (Phi) is 4.09. The highest BCUT2D eigenvalue weighted by Gasteiger charge is 2.40. The van der Waals surface area contributed by atoms with Gasteiger partial charge in [0.2, 0.25) is 8.32 Å². The topological polar surface area (TPSA) is 90.5 Å². The molecule has 150 valence electrons. The van der Waals surface area contributed by atoms with Crippen molar-refractivity contribution in [3.63, 3.8) is 0 Å². The number of amides is 2. The fourth-order valence-electron chi connectivity index (χ4n) is 3.16. The number of benzene rings is 2. The van der Waals surface area contributed by atoms with Crippen molar-refractivity contribution in [3.05, 3.63) is 53.6 Å². The summed E-state index contributed by atoms with van der Waals surface area (Å²) >= 11 is 0. The van der Waals surface area contributed by atoms with Crippen LogP contribution in [0, 0.1) is 0 Å². The molecule has 8 heteroatoms. The van der Waals surface area contributed by atoms with Gasteiger partial charge in [-0.2, -0.15) is 4.79 Å². The number of nitrogen functional groups attached to an aromatic ring is 1. The number of anilines is 1. The Bertz CT molecular complexity index is 1130. The third kappa shape index (κ3) is 2.91. The Hall–Kier alpha value is -3.13. The molecule has 0 saturated carbocycles. The van der Waals surface area contributed by atoms with Crippen LogP contribution >= 0.6 is 0 Å². The molecule has 29 heavy (non-hydrogen) atoms. The van der Waals surface area contributed by atoms with Gasteiger partial charge in [-0.3, -0.25) is 9.59 Å². The first-order valence-corrected chi connectivity index (χ1v) is 12.4. The van der Waals surface area contributed by atoms with E-state index in [4.69, 9.17) is 10.3 Å². The number of imide groups is 1. The van der Waals surface area contributed by atoms with E-state index in [1.54, 1.807) is 30.3 Å². The van der Waals surface area contributed by atoms with Crippen LogP contribution < -0.4 is 15.2 Å². The zero-order valence-corrected chi connectivity index (χ0v) is 18.2. The lowest BCUT2D eigenvalue weighted by molar-refractivity contribution is 0.0925. The molecule has 7 nitrogen and oxygen atoms in total. The molecular formula is C21H24N4O3Si. The van der Waals surface area contributed by atoms with E-state index in [0.29, 0.717) is 27.8 Å². The highest BCUT2D eigenvalue weighted by molar-refractivity contribution is 6.74. The van der Waals surface area contributed by atoms with Gasteiger partial charge in [-0.15, -0.1) is 5.10 Å². The third-order valence-electron chi connectivity index (χ3n) is 5.84. The molecule has 4 rings (SSSR count). The molecule has 1 aliphatic heterocycles. The SMILES string of the molecule is CC(C)(C)[Si](C)(C)Oc1ccc2c(N3C(=O)c4ccccc4C3=O)nn(N)c2c1. The molecule has 2 N–H and O–H groups in total. The van der Waals surface area contributed by atoms with Crippen LogP contribution in [0.25, 0.3) is 10.9 Å². The minimum Gasteiger partial charge on any atom is -0.543 e. The summed E-state index contributed by atoms with van der Waals surface area (Å²) in [5.41, 5.74) is 1.33. The van der Waals surface area contributed by atoms with Gasteiger partial charge in [0.1, 0.15) is 5.75 Å². The van der Waals surface area contributed by atoms with Gasteiger partial charge in [0.05, 0.1) is 16.6 Å². The second kappa shape index (κ2) is 6.18. The van der Waals surface area contributed by atoms with Gasteiger partial charge in [0, 0.05) is 11.5 Å². The fraction of sp³-hybridized carbons (Fsp3) is 0.286. The van der Waals surface area contributed by atoms with Crippen LogP contribution in [0.3, 0.4) is 0 Å². The number of carbonyl (C=O) groups is 2. The van der Waals surface area contributed by atoms with Gasteiger partial charge in [-0.25, -0.2) is 4.90 Å². The molecule has 1 aromatic heterocycles. The van der Waals surface area contributed by atoms with Gasteiger partial charge in [0.25, 0.3) is 11.8 Å². The summed E-state index contributed by atoms with van der Waals surface area (Å²) in [6.07, 6.45) is 0. The second-order valence-electron chi connectivity index (χ2n) is 8.80. The summed E-state index contributed by atoms with van der Waals surface area (Å²) in [5, 5.41) is 4.94. The van der Waals surface area contributed by atoms with Crippen LogP contribution in [0.2, 0.25) is 18.1 Å². The number of aromatic nitrogens is 2. The largest absolute Gasteiger partial charge is 0.543 e. The second-order valence-corrected chi connectivity index (χ2v) is 13.5. The van der Waals surface area contributed by atoms with E-state index >= 15 is 0 Å². The summed E-state index contributed by atoms with van der Waals surface area (Å²) in [6.45, 7) is 10.9. The zero-order chi connectivity index (χ0) is 21.1. The first-order valence-electron chi connectivity index (χ1n) is 9.46. The van der Waals surface area contributed by atoms with E-state index in [0.717, 1.165) is 4.90 Å². The molecule has 0 bridgehead atoms. The van der Waals surface area contributed by atoms with E-state index in [-0.39, 0.29) is 10.9 Å². The molecular weight excluding hydrogens is 384 g/mol. The predicted octanol–water partition coefficient (Wildman–Crippen LogP) is 3.93. The number of rotatable bonds is 3. The maximum atomic E-state index is 12.8. The molecule has 0 atom stereocenters. The van der Waals surface area contributed by atoms with Crippen molar-refractivity contribution in [2.45, 2.75) is 38.9 Å². The van der Waals surface area contributed by atoms with Gasteiger partial charge in [-0.1, -0.05) is 32.9 Å². The molecule has 0 aliphatic carbocycles. The maximum Gasteiger partial charge on any atom is 0.267 e. The molecule has 0 saturated heterocycles. The Labute approximate surface area is 170 Å². The van der Waals surface area contributed by atoms with E-state index in [9.17, 15) is 9.59 Å². The standard InChI is InChI=1S/C21H24N4O3Si/c1-21(2,3)29(4,5)28-13-10-11-16-17(12-13)25(22)23-18(16)24-19(26)14-8-6-7-9-15(14)20(24)27/h6-12H,22H2,1-5H3. The molecule has 3 aromatic rings. The molecule has 0 spiro atoms. The Balaban J connectivity index is 1.76. The number of hydrogen-bond acceptors (Lipinski definition) is 5. The summed E-state index contributed by atoms with van der Waals surface area (Å²) < 4.78 is 6.35. The summed E-state index contributed by atoms with van der Waals surface area (Å²) in [7, 11) is -2.02. The van der Waals surface area contributed by atoms with Crippen LogP contribution in [-0.4, -0.2) is 30.0 Å². The molecule has 0 fully saturated rings. The van der Waals surface area contributed by atoms with Crippen LogP contribution in [0.4, 0.5) is 5.82 Å². The first kappa shape index (κ1) is 19.2. The van der Waals surface area contributed by atoms with E-state index in [1.165, 1.54) is 4.79 Å². The summed E-state index contributed by atoms with van der Waals surface area (Å²) in [5.74, 6) is 6.21. The number of nitrogens with two attached hydrogens (primary N) is 1. The monoisotopic (exact) mass is 408 g/mol. The Morgan fingerprint density at radius 1 is 1.00 bits per heavy atom. The lowest BCUT2D eigenvalue weighted by Crippen LogP contribution is -2.43. The molecule has 1 aliphatic rings. The average Bonchev–Trinajstić information content (AvgIpc) is 3.09. The number of carbonyl (C=O) groups excluding carboxylic acids is 2. The van der Waals surface area contributed by atoms with Crippen molar-refractivity contribution in [2.75, 3.05) is 10.7 Å². The van der Waals surface area contributed by atoms with Crippen LogP contribution in [0.5, 0.6) is 5.75 Å². The van der Waals surface area contributed by atoms with E-state index in [2.05, 4.69) is 39.0 Å². The van der Waals surface area contributed by atoms with E-state index < -0.39 is 20.1 Å². The summed E-state index contributed by atoms with van der Waals surface area (Å²) in [6, 6.07) is 12.2. The van der Waals surface area contributed by atoms with Crippen molar-refractivity contribution in [1.82, 2.24) is 9.89 Å². The van der Waals surface area contributed by atoms with Crippen LogP contribution in [-0.2, 0) is 0 Å². The number of nitrogens with zero attached hydrogens (tertiary/aromatic N) is 3. The average molecular weight is 409 g/mol. The highest BCUT2D eigenvalue weighted by atomic mass is 28.4. The predicted molar refractivity (Wildman–Crippen MR) is 115 cm³/mol. The van der Waals surface area contributed by atoms with Gasteiger partial charge < -0.3 is 10.3 Å². The highest BCUT2D eigenvalue weighted by Crippen LogP contribution is 2.39. The smallest absolute Gasteiger partial charge is 0.267 e. The molecule has 0 radical (unpaired) electrons. The van der Waals surface area contributed by atoms with Gasteiger partial charge >= 0.3 is 0 Å². The minimum atomic E-state index is -2.02. The van der Waals surface area contributed by atoms with Crippen molar-refractivity contribution in [1.29, 1.82) is 0 Å². The zero-order valence-electron chi connectivity index (χ0n) is 17.2. The third-order valence-corrected chi connectivity index (χ3v) is 10.2. The van der Waals surface area contributed by atoms with Crippen molar-refractivity contribution >= 4 is 36.9 Å². The fourth-order valence-corrected chi connectivity index (χ4v) is 4.18. The number of hydrogen-bond donors (Lipinski definition) is 1. The lowest BCUT2D eigenvalue weighted by Gasteiger charge is -2.36.